The highest BCUT2D eigenvalue weighted by atomic mass is 16.2. The minimum absolute atomic E-state index is 0.187. The topological polar surface area (TPSA) is 53.5 Å². The van der Waals surface area contributed by atoms with Gasteiger partial charge in [-0.05, 0) is 59.4 Å². The van der Waals surface area contributed by atoms with Crippen LogP contribution in [-0.4, -0.2) is 18.2 Å². The van der Waals surface area contributed by atoms with Crippen molar-refractivity contribution >= 4 is 34.7 Å². The number of anilines is 1. The maximum absolute atomic E-state index is 12.3. The average molecular weight is 400 g/mol. The second-order valence-corrected chi connectivity index (χ2v) is 7.87. The van der Waals surface area contributed by atoms with Crippen LogP contribution < -0.4 is 10.7 Å². The van der Waals surface area contributed by atoms with Crippen LogP contribution in [0.15, 0.2) is 77.4 Å². The number of hydrogen-bond donors (Lipinski definition) is 2. The Morgan fingerprint density at radius 3 is 2.33 bits per heavy atom. The van der Waals surface area contributed by atoms with Crippen molar-refractivity contribution in [3.8, 4) is 0 Å². The predicted molar refractivity (Wildman–Crippen MR) is 128 cm³/mol. The third kappa shape index (κ3) is 5.80. The van der Waals surface area contributed by atoms with E-state index in [1.807, 2.05) is 50.3 Å². The second kappa shape index (κ2) is 9.88. The van der Waals surface area contributed by atoms with Crippen molar-refractivity contribution in [1.29, 1.82) is 0 Å². The average Bonchev–Trinajstić information content (AvgIpc) is 2.74. The molecule has 0 fully saturated rings. The van der Waals surface area contributed by atoms with E-state index in [9.17, 15) is 4.79 Å². The Bertz CT molecular complexity index is 1070. The van der Waals surface area contributed by atoms with Gasteiger partial charge in [0.2, 0.25) is 0 Å². The molecule has 30 heavy (non-hydrogen) atoms. The van der Waals surface area contributed by atoms with Crippen LogP contribution in [0.3, 0.4) is 0 Å². The van der Waals surface area contributed by atoms with Crippen molar-refractivity contribution in [3.05, 3.63) is 83.4 Å². The molecule has 3 aromatic rings. The number of rotatable bonds is 7. The minimum Gasteiger partial charge on any atom is -0.374 e. The molecule has 1 amide bonds. The Kier molecular flexibility index (Phi) is 7.02. The van der Waals surface area contributed by atoms with Gasteiger partial charge in [0.1, 0.15) is 6.04 Å². The first-order chi connectivity index (χ1) is 14.4. The van der Waals surface area contributed by atoms with Gasteiger partial charge in [0, 0.05) is 5.69 Å². The predicted octanol–water partition coefficient (Wildman–Crippen LogP) is 5.97. The Morgan fingerprint density at radius 1 is 0.933 bits per heavy atom. The number of allylic oxidation sites excluding steroid dienone is 1. The molecular formula is C26H29N3O. The summed E-state index contributed by atoms with van der Waals surface area (Å²) in [7, 11) is 0. The van der Waals surface area contributed by atoms with Crippen molar-refractivity contribution in [2.45, 2.75) is 39.7 Å². The lowest BCUT2D eigenvalue weighted by Gasteiger charge is -2.14. The van der Waals surface area contributed by atoms with Gasteiger partial charge >= 0.3 is 0 Å². The van der Waals surface area contributed by atoms with Gasteiger partial charge in [-0.2, -0.15) is 5.10 Å². The standard InChI is InChI=1S/C26H29N3O/c1-18(2)22-11-9-21(10-12-22)15-19(3)17-27-29-26(30)20(4)28-25-14-13-23-7-5-6-8-24(23)16-25/h5-18,20,28H,1-4H3,(H,29,30)/b19-15-,27-17?/t20-/m1/s1. The molecule has 0 aliphatic rings. The third-order valence-corrected chi connectivity index (χ3v) is 4.97. The molecule has 0 heterocycles. The van der Waals surface area contributed by atoms with E-state index in [1.54, 1.807) is 6.21 Å². The fourth-order valence-corrected chi connectivity index (χ4v) is 3.17. The summed E-state index contributed by atoms with van der Waals surface area (Å²) < 4.78 is 0. The van der Waals surface area contributed by atoms with Crippen LogP contribution in [0.25, 0.3) is 16.8 Å². The monoisotopic (exact) mass is 399 g/mol. The lowest BCUT2D eigenvalue weighted by atomic mass is 10.0. The summed E-state index contributed by atoms with van der Waals surface area (Å²) in [6.07, 6.45) is 3.70. The molecule has 0 saturated carbocycles. The fourth-order valence-electron chi connectivity index (χ4n) is 3.17. The van der Waals surface area contributed by atoms with Gasteiger partial charge in [-0.1, -0.05) is 74.5 Å². The molecule has 0 aliphatic carbocycles. The second-order valence-electron chi connectivity index (χ2n) is 7.87. The molecule has 0 radical (unpaired) electrons. The fraction of sp³-hybridized carbons (Fsp3) is 0.231. The van der Waals surface area contributed by atoms with Crippen LogP contribution in [0.2, 0.25) is 0 Å². The summed E-state index contributed by atoms with van der Waals surface area (Å²) in [6.45, 7) is 8.14. The molecule has 4 nitrogen and oxygen atoms in total. The molecule has 0 unspecified atom stereocenters. The van der Waals surface area contributed by atoms with E-state index in [1.165, 1.54) is 10.9 Å². The molecule has 3 aromatic carbocycles. The van der Waals surface area contributed by atoms with E-state index in [2.05, 4.69) is 66.1 Å². The molecule has 2 N–H and O–H groups in total. The van der Waals surface area contributed by atoms with Crippen LogP contribution in [-0.2, 0) is 4.79 Å². The van der Waals surface area contributed by atoms with Gasteiger partial charge in [-0.15, -0.1) is 0 Å². The molecule has 1 atom stereocenters. The van der Waals surface area contributed by atoms with E-state index in [-0.39, 0.29) is 5.91 Å². The van der Waals surface area contributed by atoms with Crippen LogP contribution >= 0.6 is 0 Å². The summed E-state index contributed by atoms with van der Waals surface area (Å²) in [4.78, 5) is 12.3. The Labute approximate surface area is 178 Å². The summed E-state index contributed by atoms with van der Waals surface area (Å²) in [5.74, 6) is 0.333. The van der Waals surface area contributed by atoms with Crippen molar-refractivity contribution < 1.29 is 4.79 Å². The molecule has 4 heteroatoms. The Hall–Kier alpha value is -3.40. The number of amides is 1. The zero-order valence-corrected chi connectivity index (χ0v) is 18.0. The number of fused-ring (bicyclic) bond motifs is 1. The van der Waals surface area contributed by atoms with Gasteiger partial charge in [0.25, 0.3) is 5.91 Å². The van der Waals surface area contributed by atoms with Gasteiger partial charge in [-0.3, -0.25) is 4.79 Å². The molecule has 3 rings (SSSR count). The molecule has 0 spiro atoms. The van der Waals surface area contributed by atoms with Gasteiger partial charge in [-0.25, -0.2) is 5.43 Å². The third-order valence-electron chi connectivity index (χ3n) is 4.97. The van der Waals surface area contributed by atoms with Crippen LogP contribution in [0.4, 0.5) is 5.69 Å². The zero-order valence-electron chi connectivity index (χ0n) is 18.0. The van der Waals surface area contributed by atoms with Crippen molar-refractivity contribution in [2.75, 3.05) is 5.32 Å². The van der Waals surface area contributed by atoms with Crippen molar-refractivity contribution in [2.24, 2.45) is 5.10 Å². The quantitative estimate of drug-likeness (QED) is 0.380. The highest BCUT2D eigenvalue weighted by molar-refractivity contribution is 5.89. The normalized spacial score (nSPS) is 13.0. The minimum atomic E-state index is -0.406. The van der Waals surface area contributed by atoms with E-state index < -0.39 is 6.04 Å². The summed E-state index contributed by atoms with van der Waals surface area (Å²) in [6, 6.07) is 22.3. The largest absolute Gasteiger partial charge is 0.374 e. The van der Waals surface area contributed by atoms with Crippen LogP contribution in [0, 0.1) is 0 Å². The first-order valence-corrected chi connectivity index (χ1v) is 10.3. The maximum Gasteiger partial charge on any atom is 0.262 e. The summed E-state index contributed by atoms with van der Waals surface area (Å²) >= 11 is 0. The molecule has 0 aliphatic heterocycles. The smallest absolute Gasteiger partial charge is 0.262 e. The van der Waals surface area contributed by atoms with E-state index in [0.29, 0.717) is 5.92 Å². The first kappa shape index (κ1) is 21.3. The maximum atomic E-state index is 12.3. The number of hydrazone groups is 1. The molecule has 0 aromatic heterocycles. The van der Waals surface area contributed by atoms with E-state index in [4.69, 9.17) is 0 Å². The molecule has 154 valence electrons. The van der Waals surface area contributed by atoms with Gasteiger partial charge < -0.3 is 5.32 Å². The van der Waals surface area contributed by atoms with Crippen LogP contribution in [0.1, 0.15) is 44.7 Å². The SMILES string of the molecule is C/C(C=NNC(=O)[C@@H](C)Nc1ccc2ccccc2c1)=C/c1ccc(C(C)C)cc1. The van der Waals surface area contributed by atoms with E-state index >= 15 is 0 Å². The Balaban J connectivity index is 1.54. The zero-order chi connectivity index (χ0) is 21.5. The number of carbonyl (C=O) groups excluding carboxylic acids is 1. The lowest BCUT2D eigenvalue weighted by Crippen LogP contribution is -2.34. The number of hydrogen-bond acceptors (Lipinski definition) is 3. The molecule has 0 bridgehead atoms. The van der Waals surface area contributed by atoms with Gasteiger partial charge in [0.05, 0.1) is 6.21 Å². The van der Waals surface area contributed by atoms with Crippen molar-refractivity contribution in [3.63, 3.8) is 0 Å². The molecule has 0 saturated heterocycles. The lowest BCUT2D eigenvalue weighted by molar-refractivity contribution is -0.121. The van der Waals surface area contributed by atoms with Gasteiger partial charge in [0.15, 0.2) is 0 Å². The summed E-state index contributed by atoms with van der Waals surface area (Å²) in [5, 5.41) is 9.63. The Morgan fingerprint density at radius 2 is 1.63 bits per heavy atom. The van der Waals surface area contributed by atoms with Crippen molar-refractivity contribution in [1.82, 2.24) is 5.43 Å². The first-order valence-electron chi connectivity index (χ1n) is 10.3. The van der Waals surface area contributed by atoms with Crippen LogP contribution in [0.5, 0.6) is 0 Å². The number of carbonyl (C=O) groups is 1. The number of nitrogens with one attached hydrogen (secondary N) is 2. The highest BCUT2D eigenvalue weighted by Crippen LogP contribution is 2.19. The molecular weight excluding hydrogens is 370 g/mol. The van der Waals surface area contributed by atoms with E-state index in [0.717, 1.165) is 22.2 Å². The summed E-state index contributed by atoms with van der Waals surface area (Å²) in [5.41, 5.74) is 6.90. The highest BCUT2D eigenvalue weighted by Gasteiger charge is 2.11. The number of nitrogens with zero attached hydrogens (tertiary/aromatic N) is 1. The number of benzene rings is 3.